The second-order valence-corrected chi connectivity index (χ2v) is 9.32. The minimum Gasteiger partial charge on any atom is -0.469 e. The van der Waals surface area contributed by atoms with Crippen molar-refractivity contribution < 1.29 is 27.2 Å². The Hall–Kier alpha value is -2.65. The van der Waals surface area contributed by atoms with Crippen molar-refractivity contribution in [3.05, 3.63) is 54.0 Å². The van der Waals surface area contributed by atoms with Gasteiger partial charge in [0.1, 0.15) is 5.76 Å². The summed E-state index contributed by atoms with van der Waals surface area (Å²) in [6.45, 7) is 4.88. The number of hydrogen-bond acceptors (Lipinski definition) is 6. The van der Waals surface area contributed by atoms with E-state index in [2.05, 4.69) is 5.32 Å². The number of nitrogens with zero attached hydrogens (tertiary/aromatic N) is 1. The molecule has 1 heterocycles. The van der Waals surface area contributed by atoms with Gasteiger partial charge in [0.25, 0.3) is 0 Å². The molecule has 9 heteroatoms. The summed E-state index contributed by atoms with van der Waals surface area (Å²) in [5.74, 6) is -0.573. The molecular formula is C21H28N2O6S. The predicted octanol–water partition coefficient (Wildman–Crippen LogP) is 2.63. The van der Waals surface area contributed by atoms with Crippen LogP contribution in [-0.2, 0) is 30.9 Å². The molecule has 164 valence electrons. The first-order chi connectivity index (χ1) is 14.1. The maximum atomic E-state index is 13.2. The van der Waals surface area contributed by atoms with Crippen LogP contribution in [0.25, 0.3) is 0 Å². The first kappa shape index (κ1) is 23.6. The van der Waals surface area contributed by atoms with E-state index >= 15 is 0 Å². The Balaban J connectivity index is 2.25. The van der Waals surface area contributed by atoms with Crippen LogP contribution >= 0.6 is 0 Å². The lowest BCUT2D eigenvalue weighted by Gasteiger charge is -2.30. The van der Waals surface area contributed by atoms with E-state index in [0.717, 1.165) is 9.87 Å². The normalized spacial score (nSPS) is 13.6. The number of hydrogen-bond donors (Lipinski definition) is 1. The van der Waals surface area contributed by atoms with Crippen molar-refractivity contribution in [1.82, 2.24) is 9.62 Å². The Morgan fingerprint density at radius 2 is 1.87 bits per heavy atom. The Morgan fingerprint density at radius 1 is 1.20 bits per heavy atom. The number of methoxy groups -OCH3 is 1. The van der Waals surface area contributed by atoms with Crippen LogP contribution in [0.3, 0.4) is 0 Å². The monoisotopic (exact) mass is 436 g/mol. The molecule has 1 unspecified atom stereocenters. The maximum Gasteiger partial charge on any atom is 0.307 e. The van der Waals surface area contributed by atoms with Crippen LogP contribution in [-0.4, -0.2) is 43.8 Å². The molecular weight excluding hydrogens is 408 g/mol. The highest BCUT2D eigenvalue weighted by Crippen LogP contribution is 2.20. The number of carbonyl (C=O) groups excluding carboxylic acids is 2. The molecule has 1 atom stereocenters. The van der Waals surface area contributed by atoms with Gasteiger partial charge >= 0.3 is 5.97 Å². The van der Waals surface area contributed by atoms with Gasteiger partial charge in [-0.3, -0.25) is 9.59 Å². The van der Waals surface area contributed by atoms with Gasteiger partial charge in [0.15, 0.2) is 0 Å². The zero-order chi connectivity index (χ0) is 22.4. The average molecular weight is 437 g/mol. The molecule has 0 aliphatic heterocycles. The van der Waals surface area contributed by atoms with Crippen molar-refractivity contribution >= 4 is 21.9 Å². The number of rotatable bonds is 10. The van der Waals surface area contributed by atoms with Crippen LogP contribution < -0.4 is 5.32 Å². The number of amides is 1. The van der Waals surface area contributed by atoms with Gasteiger partial charge in [-0.05, 0) is 44.5 Å². The lowest BCUT2D eigenvalue weighted by Crippen LogP contribution is -2.51. The fraction of sp³-hybridized carbons (Fsp3) is 0.429. The highest BCUT2D eigenvalue weighted by molar-refractivity contribution is 7.89. The summed E-state index contributed by atoms with van der Waals surface area (Å²) >= 11 is 0. The van der Waals surface area contributed by atoms with Crippen LogP contribution in [0, 0.1) is 6.92 Å². The summed E-state index contributed by atoms with van der Waals surface area (Å²) in [6.07, 6.45) is 1.89. The molecule has 1 aromatic heterocycles. The third-order valence-electron chi connectivity index (χ3n) is 4.87. The summed E-state index contributed by atoms with van der Waals surface area (Å²) in [7, 11) is -2.68. The third kappa shape index (κ3) is 6.17. The molecule has 2 rings (SSSR count). The quantitative estimate of drug-likeness (QED) is 0.574. The van der Waals surface area contributed by atoms with Gasteiger partial charge in [-0.25, -0.2) is 8.42 Å². The summed E-state index contributed by atoms with van der Waals surface area (Å²) in [5.41, 5.74) is 0.0690. The zero-order valence-corrected chi connectivity index (χ0v) is 18.5. The van der Waals surface area contributed by atoms with Gasteiger partial charge in [0.2, 0.25) is 15.9 Å². The molecule has 8 nitrogen and oxygen atoms in total. The van der Waals surface area contributed by atoms with Crippen LogP contribution in [0.4, 0.5) is 0 Å². The standard InChI is InChI=1S/C21H28N2O6S/c1-5-21(3,13-20(25)28-4)22-19(24)15-23(14-17-7-6-12-29-17)30(26,27)18-10-8-16(2)9-11-18/h6-12H,5,13-15H2,1-4H3,(H,22,24). The number of esters is 1. The Bertz CT molecular complexity index is 954. The molecule has 0 aliphatic rings. The lowest BCUT2D eigenvalue weighted by molar-refractivity contribution is -0.142. The van der Waals surface area contributed by atoms with Gasteiger partial charge in [-0.15, -0.1) is 0 Å². The average Bonchev–Trinajstić information content (AvgIpc) is 3.20. The van der Waals surface area contributed by atoms with Crippen molar-refractivity contribution in [2.45, 2.75) is 50.6 Å². The smallest absolute Gasteiger partial charge is 0.307 e. The van der Waals surface area contributed by atoms with Gasteiger partial charge in [-0.1, -0.05) is 24.6 Å². The van der Waals surface area contributed by atoms with E-state index in [9.17, 15) is 18.0 Å². The SMILES string of the molecule is CCC(C)(CC(=O)OC)NC(=O)CN(Cc1ccco1)S(=O)(=O)c1ccc(C)cc1. The van der Waals surface area contributed by atoms with E-state index in [1.54, 1.807) is 31.2 Å². The summed E-state index contributed by atoms with van der Waals surface area (Å²) < 4.78 is 37.4. The first-order valence-corrected chi connectivity index (χ1v) is 11.0. The summed E-state index contributed by atoms with van der Waals surface area (Å²) in [4.78, 5) is 24.5. The van der Waals surface area contributed by atoms with Crippen molar-refractivity contribution in [3.8, 4) is 0 Å². The fourth-order valence-electron chi connectivity index (χ4n) is 2.85. The minimum absolute atomic E-state index is 0.0192. The molecule has 30 heavy (non-hydrogen) atoms. The minimum atomic E-state index is -3.96. The van der Waals surface area contributed by atoms with E-state index in [1.807, 2.05) is 13.8 Å². The van der Waals surface area contributed by atoms with E-state index in [-0.39, 0.29) is 17.9 Å². The third-order valence-corrected chi connectivity index (χ3v) is 6.68. The van der Waals surface area contributed by atoms with Crippen LogP contribution in [0.2, 0.25) is 0 Å². The Labute approximate surface area is 177 Å². The number of furan rings is 1. The zero-order valence-electron chi connectivity index (χ0n) is 17.7. The number of aryl methyl sites for hydroxylation is 1. The summed E-state index contributed by atoms with van der Waals surface area (Å²) in [6, 6.07) is 9.70. The van der Waals surface area contributed by atoms with Crippen LogP contribution in [0.1, 0.15) is 38.0 Å². The predicted molar refractivity (Wildman–Crippen MR) is 111 cm³/mol. The molecule has 1 amide bonds. The molecule has 0 aliphatic carbocycles. The van der Waals surface area contributed by atoms with E-state index in [4.69, 9.17) is 9.15 Å². The lowest BCUT2D eigenvalue weighted by atomic mass is 9.94. The number of nitrogens with one attached hydrogen (secondary N) is 1. The molecule has 0 radical (unpaired) electrons. The van der Waals surface area contributed by atoms with Crippen molar-refractivity contribution in [1.29, 1.82) is 0 Å². The van der Waals surface area contributed by atoms with Crippen LogP contribution in [0.15, 0.2) is 52.0 Å². The second kappa shape index (κ2) is 9.90. The molecule has 0 saturated carbocycles. The van der Waals surface area contributed by atoms with Crippen molar-refractivity contribution in [2.75, 3.05) is 13.7 Å². The molecule has 0 spiro atoms. The topological polar surface area (TPSA) is 106 Å². The van der Waals surface area contributed by atoms with Crippen molar-refractivity contribution in [3.63, 3.8) is 0 Å². The number of benzene rings is 1. The van der Waals surface area contributed by atoms with Crippen molar-refractivity contribution in [2.24, 2.45) is 0 Å². The van der Waals surface area contributed by atoms with Gasteiger partial charge in [0, 0.05) is 5.54 Å². The maximum absolute atomic E-state index is 13.2. The largest absolute Gasteiger partial charge is 0.469 e. The Morgan fingerprint density at radius 3 is 2.40 bits per heavy atom. The molecule has 1 N–H and O–H groups in total. The van der Waals surface area contributed by atoms with Gasteiger partial charge in [0.05, 0.1) is 37.8 Å². The van der Waals surface area contributed by atoms with Gasteiger partial charge < -0.3 is 14.5 Å². The molecule has 0 bridgehead atoms. The van der Waals surface area contributed by atoms with E-state index < -0.39 is 34.0 Å². The highest BCUT2D eigenvalue weighted by Gasteiger charge is 2.32. The van der Waals surface area contributed by atoms with Crippen LogP contribution in [0.5, 0.6) is 0 Å². The highest BCUT2D eigenvalue weighted by atomic mass is 32.2. The Kier molecular flexibility index (Phi) is 7.80. The second-order valence-electron chi connectivity index (χ2n) is 7.38. The fourth-order valence-corrected chi connectivity index (χ4v) is 4.21. The molecule has 0 saturated heterocycles. The number of ether oxygens (including phenoxy) is 1. The molecule has 2 aromatic rings. The molecule has 1 aromatic carbocycles. The molecule has 0 fully saturated rings. The van der Waals surface area contributed by atoms with E-state index in [0.29, 0.717) is 12.2 Å². The number of carbonyl (C=O) groups is 2. The van der Waals surface area contributed by atoms with Gasteiger partial charge in [-0.2, -0.15) is 4.31 Å². The number of sulfonamides is 1. The van der Waals surface area contributed by atoms with E-state index in [1.165, 1.54) is 25.5 Å². The first-order valence-electron chi connectivity index (χ1n) is 9.56. The summed E-state index contributed by atoms with van der Waals surface area (Å²) in [5, 5.41) is 2.77.